The van der Waals surface area contributed by atoms with Crippen LogP contribution in [0, 0.1) is 0 Å². The Morgan fingerprint density at radius 3 is 2.94 bits per heavy atom. The predicted octanol–water partition coefficient (Wildman–Crippen LogP) is 0.170. The number of hydrogen-bond acceptors (Lipinski definition) is 7. The van der Waals surface area contributed by atoms with Crippen molar-refractivity contribution in [1.82, 2.24) is 14.5 Å². The first kappa shape index (κ1) is 11.7. The van der Waals surface area contributed by atoms with Gasteiger partial charge >= 0.3 is 0 Å². The molecule has 1 aromatic rings. The molecule has 16 heavy (non-hydrogen) atoms. The SMILES string of the molecule is NNc1snnc1CN(CCO)C1CCC1. The summed E-state index contributed by atoms with van der Waals surface area (Å²) < 4.78 is 3.87. The largest absolute Gasteiger partial charge is 0.395 e. The lowest BCUT2D eigenvalue weighted by molar-refractivity contribution is 0.0935. The van der Waals surface area contributed by atoms with E-state index in [2.05, 4.69) is 19.9 Å². The molecule has 6 nitrogen and oxygen atoms in total. The van der Waals surface area contributed by atoms with Crippen molar-refractivity contribution in [3.05, 3.63) is 5.69 Å². The van der Waals surface area contributed by atoms with Crippen molar-refractivity contribution in [3.63, 3.8) is 0 Å². The van der Waals surface area contributed by atoms with Crippen LogP contribution in [0.5, 0.6) is 0 Å². The number of rotatable bonds is 6. The van der Waals surface area contributed by atoms with Gasteiger partial charge in [-0.2, -0.15) is 0 Å². The molecule has 0 spiro atoms. The number of nitrogens with one attached hydrogen (secondary N) is 1. The van der Waals surface area contributed by atoms with E-state index in [9.17, 15) is 0 Å². The number of aliphatic hydroxyl groups excluding tert-OH is 1. The Labute approximate surface area is 98.6 Å². The highest BCUT2D eigenvalue weighted by Gasteiger charge is 2.25. The topological polar surface area (TPSA) is 87.3 Å². The van der Waals surface area contributed by atoms with Gasteiger partial charge in [0.15, 0.2) is 0 Å². The molecule has 1 fully saturated rings. The predicted molar refractivity (Wildman–Crippen MR) is 62.9 cm³/mol. The van der Waals surface area contributed by atoms with Gasteiger partial charge in [0.25, 0.3) is 0 Å². The summed E-state index contributed by atoms with van der Waals surface area (Å²) in [7, 11) is 0. The van der Waals surface area contributed by atoms with Gasteiger partial charge in [-0.25, -0.2) is 5.84 Å². The van der Waals surface area contributed by atoms with Crippen molar-refractivity contribution in [2.75, 3.05) is 18.6 Å². The number of nitrogens with zero attached hydrogens (tertiary/aromatic N) is 3. The summed E-state index contributed by atoms with van der Waals surface area (Å²) in [5, 5.41) is 13.9. The van der Waals surface area contributed by atoms with Gasteiger partial charge in [0.1, 0.15) is 10.7 Å². The molecule has 0 atom stereocenters. The molecule has 0 aliphatic heterocycles. The van der Waals surface area contributed by atoms with Gasteiger partial charge in [-0.1, -0.05) is 10.9 Å². The lowest BCUT2D eigenvalue weighted by Crippen LogP contribution is -2.41. The van der Waals surface area contributed by atoms with Gasteiger partial charge in [0.05, 0.1) is 6.61 Å². The number of anilines is 1. The minimum Gasteiger partial charge on any atom is -0.395 e. The average molecular weight is 243 g/mol. The van der Waals surface area contributed by atoms with Crippen molar-refractivity contribution in [2.45, 2.75) is 31.8 Å². The number of aliphatic hydroxyl groups is 1. The molecule has 0 bridgehead atoms. The molecule has 0 radical (unpaired) electrons. The minimum absolute atomic E-state index is 0.180. The molecule has 0 saturated heterocycles. The lowest BCUT2D eigenvalue weighted by Gasteiger charge is -2.36. The van der Waals surface area contributed by atoms with E-state index in [1.807, 2.05) is 0 Å². The minimum atomic E-state index is 0.180. The van der Waals surface area contributed by atoms with Crippen molar-refractivity contribution in [2.24, 2.45) is 5.84 Å². The summed E-state index contributed by atoms with van der Waals surface area (Å²) >= 11 is 1.26. The fourth-order valence-electron chi connectivity index (χ4n) is 1.89. The van der Waals surface area contributed by atoms with Crippen LogP contribution in [0.2, 0.25) is 0 Å². The normalized spacial score (nSPS) is 16.4. The lowest BCUT2D eigenvalue weighted by atomic mass is 9.91. The Morgan fingerprint density at radius 2 is 2.38 bits per heavy atom. The summed E-state index contributed by atoms with van der Waals surface area (Å²) in [4.78, 5) is 2.25. The monoisotopic (exact) mass is 243 g/mol. The molecule has 1 aromatic heterocycles. The van der Waals surface area contributed by atoms with Crippen molar-refractivity contribution < 1.29 is 5.11 Å². The smallest absolute Gasteiger partial charge is 0.148 e. The molecular weight excluding hydrogens is 226 g/mol. The maximum atomic E-state index is 9.04. The quantitative estimate of drug-likeness (QED) is 0.488. The van der Waals surface area contributed by atoms with Gasteiger partial charge < -0.3 is 10.5 Å². The third kappa shape index (κ3) is 2.49. The Bertz CT molecular complexity index is 327. The van der Waals surface area contributed by atoms with Crippen molar-refractivity contribution in [3.8, 4) is 0 Å². The molecule has 0 amide bonds. The van der Waals surface area contributed by atoms with Gasteiger partial charge in [0, 0.05) is 30.7 Å². The fourth-order valence-corrected chi connectivity index (χ4v) is 2.37. The van der Waals surface area contributed by atoms with Crippen LogP contribution < -0.4 is 11.3 Å². The average Bonchev–Trinajstić information content (AvgIpc) is 2.63. The number of hydrogen-bond donors (Lipinski definition) is 3. The Kier molecular flexibility index (Phi) is 4.05. The Morgan fingerprint density at radius 1 is 1.56 bits per heavy atom. The molecule has 0 unspecified atom stereocenters. The molecule has 1 saturated carbocycles. The molecular formula is C9H17N5OS. The Balaban J connectivity index is 1.98. The van der Waals surface area contributed by atoms with Crippen LogP contribution in [0.1, 0.15) is 25.0 Å². The third-order valence-corrected chi connectivity index (χ3v) is 3.72. The first-order valence-corrected chi connectivity index (χ1v) is 6.25. The summed E-state index contributed by atoms with van der Waals surface area (Å²) in [6, 6.07) is 0.583. The first-order valence-electron chi connectivity index (χ1n) is 5.48. The molecule has 7 heteroatoms. The zero-order valence-corrected chi connectivity index (χ0v) is 9.91. The van der Waals surface area contributed by atoms with Gasteiger partial charge in [-0.3, -0.25) is 4.90 Å². The van der Waals surface area contributed by atoms with Gasteiger partial charge in [-0.15, -0.1) is 5.10 Å². The summed E-state index contributed by atoms with van der Waals surface area (Å²) in [5.74, 6) is 5.38. The number of nitrogens with two attached hydrogens (primary N) is 1. The van der Waals surface area contributed by atoms with E-state index in [1.165, 1.54) is 30.8 Å². The number of nitrogen functional groups attached to an aromatic ring is 1. The number of aromatic nitrogens is 2. The second kappa shape index (κ2) is 5.53. The van der Waals surface area contributed by atoms with E-state index in [0.29, 0.717) is 19.1 Å². The van der Waals surface area contributed by atoms with Crippen LogP contribution >= 0.6 is 11.5 Å². The van der Waals surface area contributed by atoms with Crippen LogP contribution in [-0.4, -0.2) is 38.8 Å². The van der Waals surface area contributed by atoms with E-state index in [4.69, 9.17) is 10.9 Å². The second-order valence-electron chi connectivity index (χ2n) is 3.97. The van der Waals surface area contributed by atoms with Crippen LogP contribution in [0.15, 0.2) is 0 Å². The van der Waals surface area contributed by atoms with Crippen LogP contribution in [0.3, 0.4) is 0 Å². The molecule has 1 aliphatic rings. The van der Waals surface area contributed by atoms with Crippen molar-refractivity contribution >= 4 is 16.5 Å². The Hall–Kier alpha value is -0.760. The molecule has 1 heterocycles. The second-order valence-corrected chi connectivity index (χ2v) is 4.73. The highest BCUT2D eigenvalue weighted by atomic mass is 32.1. The fraction of sp³-hybridized carbons (Fsp3) is 0.778. The van der Waals surface area contributed by atoms with Crippen LogP contribution in [0.25, 0.3) is 0 Å². The van der Waals surface area contributed by atoms with Crippen molar-refractivity contribution in [1.29, 1.82) is 0 Å². The maximum absolute atomic E-state index is 9.04. The molecule has 1 aliphatic carbocycles. The third-order valence-electron chi connectivity index (χ3n) is 3.02. The summed E-state index contributed by atoms with van der Waals surface area (Å²) in [6.07, 6.45) is 3.70. The summed E-state index contributed by atoms with van der Waals surface area (Å²) in [5.41, 5.74) is 3.47. The maximum Gasteiger partial charge on any atom is 0.148 e. The first-order chi connectivity index (χ1) is 7.85. The van der Waals surface area contributed by atoms with Gasteiger partial charge in [0.2, 0.25) is 0 Å². The van der Waals surface area contributed by atoms with E-state index < -0.39 is 0 Å². The molecule has 2 rings (SSSR count). The van der Waals surface area contributed by atoms with Gasteiger partial charge in [-0.05, 0) is 12.8 Å². The van der Waals surface area contributed by atoms with E-state index >= 15 is 0 Å². The van der Waals surface area contributed by atoms with Crippen LogP contribution in [-0.2, 0) is 6.54 Å². The van der Waals surface area contributed by atoms with Crippen LogP contribution in [0.4, 0.5) is 5.00 Å². The van der Waals surface area contributed by atoms with E-state index in [1.54, 1.807) is 0 Å². The van der Waals surface area contributed by atoms with E-state index in [-0.39, 0.29) is 6.61 Å². The molecule has 4 N–H and O–H groups in total. The summed E-state index contributed by atoms with van der Waals surface area (Å²) in [6.45, 7) is 1.58. The zero-order valence-electron chi connectivity index (χ0n) is 9.09. The zero-order chi connectivity index (χ0) is 11.4. The molecule has 0 aromatic carbocycles. The standard InChI is InChI=1S/C9H17N5OS/c10-11-9-8(12-13-16-9)6-14(4-5-15)7-2-1-3-7/h7,11,15H,1-6,10H2. The number of hydrazine groups is 1. The highest BCUT2D eigenvalue weighted by Crippen LogP contribution is 2.27. The highest BCUT2D eigenvalue weighted by molar-refractivity contribution is 7.10. The van der Waals surface area contributed by atoms with E-state index in [0.717, 1.165) is 10.7 Å². The molecule has 90 valence electrons.